The van der Waals surface area contributed by atoms with Crippen molar-refractivity contribution in [2.45, 2.75) is 71.1 Å². The molecule has 1 N–H and O–H groups in total. The number of aryl methyl sites for hydroxylation is 1. The molecule has 0 radical (unpaired) electrons. The predicted molar refractivity (Wildman–Crippen MR) is 105 cm³/mol. The molecule has 0 atom stereocenters. The van der Waals surface area contributed by atoms with E-state index in [2.05, 4.69) is 17.2 Å². The van der Waals surface area contributed by atoms with Crippen LogP contribution in [0.15, 0.2) is 18.3 Å². The fourth-order valence-electron chi connectivity index (χ4n) is 3.73. The topological polar surface area (TPSA) is 64.9 Å². The van der Waals surface area contributed by atoms with E-state index in [0.29, 0.717) is 23.9 Å². The van der Waals surface area contributed by atoms with E-state index in [1.165, 1.54) is 0 Å². The van der Waals surface area contributed by atoms with Gasteiger partial charge in [0.15, 0.2) is 0 Å². The van der Waals surface area contributed by atoms with Gasteiger partial charge in [0.2, 0.25) is 0 Å². The number of fused-ring (bicyclic) bond motifs is 1. The maximum absolute atomic E-state index is 12.8. The van der Waals surface area contributed by atoms with E-state index in [9.17, 15) is 4.79 Å². The molecular weight excluding hydrogens is 342 g/mol. The van der Waals surface area contributed by atoms with Gasteiger partial charge in [-0.1, -0.05) is 13.3 Å². The summed E-state index contributed by atoms with van der Waals surface area (Å²) in [6, 6.07) is 4.04. The van der Waals surface area contributed by atoms with Crippen LogP contribution in [-0.2, 0) is 16.1 Å². The molecule has 27 heavy (non-hydrogen) atoms. The van der Waals surface area contributed by atoms with Gasteiger partial charge in [-0.25, -0.2) is 4.98 Å². The first-order valence-electron chi connectivity index (χ1n) is 10.0. The minimum atomic E-state index is -0.0469. The number of nitrogens with one attached hydrogen (secondary N) is 1. The highest BCUT2D eigenvalue weighted by molar-refractivity contribution is 6.00. The molecule has 0 bridgehead atoms. The van der Waals surface area contributed by atoms with Crippen molar-refractivity contribution in [3.8, 4) is 0 Å². The van der Waals surface area contributed by atoms with Crippen LogP contribution in [0.2, 0.25) is 0 Å². The number of nitrogens with zero attached hydrogens (tertiary/aromatic N) is 2. The van der Waals surface area contributed by atoms with E-state index in [-0.39, 0.29) is 11.9 Å². The molecule has 0 spiro atoms. The van der Waals surface area contributed by atoms with E-state index in [1.54, 1.807) is 7.11 Å². The Labute approximate surface area is 161 Å². The molecule has 148 valence electrons. The van der Waals surface area contributed by atoms with Gasteiger partial charge in [0.05, 0.1) is 24.0 Å². The van der Waals surface area contributed by atoms with Gasteiger partial charge in [-0.3, -0.25) is 4.79 Å². The molecule has 0 saturated heterocycles. The zero-order chi connectivity index (χ0) is 19.2. The van der Waals surface area contributed by atoms with Crippen molar-refractivity contribution in [2.24, 2.45) is 0 Å². The second kappa shape index (κ2) is 9.33. The smallest absolute Gasteiger partial charge is 0.255 e. The van der Waals surface area contributed by atoms with Gasteiger partial charge in [-0.15, -0.1) is 0 Å². The van der Waals surface area contributed by atoms with Crippen LogP contribution in [0.4, 0.5) is 0 Å². The fraction of sp³-hybridized carbons (Fsp3) is 0.619. The molecular formula is C21H31N3O3. The second-order valence-corrected chi connectivity index (χ2v) is 7.42. The van der Waals surface area contributed by atoms with Gasteiger partial charge < -0.3 is 19.2 Å². The van der Waals surface area contributed by atoms with Crippen LogP contribution >= 0.6 is 0 Å². The summed E-state index contributed by atoms with van der Waals surface area (Å²) >= 11 is 0. The summed E-state index contributed by atoms with van der Waals surface area (Å²) < 4.78 is 13.1. The highest BCUT2D eigenvalue weighted by atomic mass is 16.5. The Bertz CT molecular complexity index is 763. The number of hydrogen-bond donors (Lipinski definition) is 1. The number of amides is 1. The minimum absolute atomic E-state index is 0.0469. The average molecular weight is 373 g/mol. The molecule has 1 fully saturated rings. The summed E-state index contributed by atoms with van der Waals surface area (Å²) in [5.41, 5.74) is 3.18. The average Bonchev–Trinajstić information content (AvgIpc) is 3.08. The molecule has 2 heterocycles. The maximum Gasteiger partial charge on any atom is 0.255 e. The standard InChI is InChI=1S/C21H31N3O3/c1-4-5-12-27-18-8-6-16(7-9-18)23-21(25)19-10-11-24-15(2)13-17(14-26-3)22-20(19)24/h10-11,13,16,18H,4-9,12,14H2,1-3H3,(H,23,25). The summed E-state index contributed by atoms with van der Waals surface area (Å²) in [5, 5.41) is 3.19. The number of carbonyl (C=O) groups excluding carboxylic acids is 1. The second-order valence-electron chi connectivity index (χ2n) is 7.42. The summed E-state index contributed by atoms with van der Waals surface area (Å²) in [4.78, 5) is 17.4. The first-order valence-corrected chi connectivity index (χ1v) is 10.0. The highest BCUT2D eigenvalue weighted by Crippen LogP contribution is 2.22. The Kier molecular flexibility index (Phi) is 6.85. The summed E-state index contributed by atoms with van der Waals surface area (Å²) in [5.74, 6) is -0.0469. The van der Waals surface area contributed by atoms with Crippen molar-refractivity contribution >= 4 is 11.6 Å². The number of ether oxygens (including phenoxy) is 2. The van der Waals surface area contributed by atoms with Gasteiger partial charge in [-0.05, 0) is 51.2 Å². The first kappa shape index (κ1) is 19.8. The molecule has 1 aliphatic rings. The summed E-state index contributed by atoms with van der Waals surface area (Å²) in [6.07, 6.45) is 8.50. The molecule has 6 nitrogen and oxygen atoms in total. The van der Waals surface area contributed by atoms with Crippen LogP contribution in [0.3, 0.4) is 0 Å². The number of methoxy groups -OCH3 is 1. The monoisotopic (exact) mass is 373 g/mol. The quantitative estimate of drug-likeness (QED) is 0.718. The molecule has 0 unspecified atom stereocenters. The largest absolute Gasteiger partial charge is 0.378 e. The maximum atomic E-state index is 12.8. The summed E-state index contributed by atoms with van der Waals surface area (Å²) in [7, 11) is 1.65. The molecule has 3 rings (SSSR count). The minimum Gasteiger partial charge on any atom is -0.378 e. The first-order chi connectivity index (χ1) is 13.1. The van der Waals surface area contributed by atoms with Crippen LogP contribution in [0, 0.1) is 6.92 Å². The van der Waals surface area contributed by atoms with E-state index in [0.717, 1.165) is 56.5 Å². The molecule has 1 aliphatic carbocycles. The fourth-order valence-corrected chi connectivity index (χ4v) is 3.73. The molecule has 0 aliphatic heterocycles. The molecule has 1 saturated carbocycles. The third-order valence-electron chi connectivity index (χ3n) is 5.26. The lowest BCUT2D eigenvalue weighted by molar-refractivity contribution is 0.0209. The van der Waals surface area contributed by atoms with Crippen LogP contribution in [0.5, 0.6) is 0 Å². The van der Waals surface area contributed by atoms with Crippen LogP contribution in [0.25, 0.3) is 5.65 Å². The van der Waals surface area contributed by atoms with Gasteiger partial charge >= 0.3 is 0 Å². The zero-order valence-corrected chi connectivity index (χ0v) is 16.7. The Morgan fingerprint density at radius 2 is 2.11 bits per heavy atom. The van der Waals surface area contributed by atoms with E-state index >= 15 is 0 Å². The molecule has 2 aromatic rings. The van der Waals surface area contributed by atoms with Gasteiger partial charge in [0.1, 0.15) is 5.65 Å². The van der Waals surface area contributed by atoms with Gasteiger partial charge in [-0.2, -0.15) is 0 Å². The van der Waals surface area contributed by atoms with E-state index < -0.39 is 0 Å². The SMILES string of the molecule is CCCCOC1CCC(NC(=O)c2ccn3c(C)cc(COC)nc23)CC1. The van der Waals surface area contributed by atoms with Crippen LogP contribution < -0.4 is 5.32 Å². The van der Waals surface area contributed by atoms with Gasteiger partial charge in [0.25, 0.3) is 5.91 Å². The van der Waals surface area contributed by atoms with Crippen molar-refractivity contribution in [2.75, 3.05) is 13.7 Å². The lowest BCUT2D eigenvalue weighted by atomic mass is 9.92. The zero-order valence-electron chi connectivity index (χ0n) is 16.7. The van der Waals surface area contributed by atoms with E-state index in [1.807, 2.05) is 29.7 Å². The Morgan fingerprint density at radius 1 is 1.33 bits per heavy atom. The number of unbranched alkanes of at least 4 members (excludes halogenated alkanes) is 1. The van der Waals surface area contributed by atoms with Crippen molar-refractivity contribution in [3.63, 3.8) is 0 Å². The molecule has 0 aromatic carbocycles. The van der Waals surface area contributed by atoms with E-state index in [4.69, 9.17) is 9.47 Å². The van der Waals surface area contributed by atoms with Crippen LogP contribution in [-0.4, -0.2) is 41.2 Å². The summed E-state index contributed by atoms with van der Waals surface area (Å²) in [6.45, 7) is 5.47. The highest BCUT2D eigenvalue weighted by Gasteiger charge is 2.24. The predicted octanol–water partition coefficient (Wildman–Crippen LogP) is 3.65. The van der Waals surface area contributed by atoms with Crippen molar-refractivity contribution in [1.29, 1.82) is 0 Å². The lowest BCUT2D eigenvalue weighted by Gasteiger charge is -2.29. The third kappa shape index (κ3) is 4.87. The third-order valence-corrected chi connectivity index (χ3v) is 5.26. The number of hydrogen-bond acceptors (Lipinski definition) is 4. The molecule has 1 amide bonds. The molecule has 2 aromatic heterocycles. The molecule has 6 heteroatoms. The number of rotatable bonds is 8. The van der Waals surface area contributed by atoms with Crippen molar-refractivity contribution < 1.29 is 14.3 Å². The lowest BCUT2D eigenvalue weighted by Crippen LogP contribution is -2.39. The Morgan fingerprint density at radius 3 is 2.81 bits per heavy atom. The van der Waals surface area contributed by atoms with Crippen LogP contribution in [0.1, 0.15) is 67.2 Å². The van der Waals surface area contributed by atoms with Crippen molar-refractivity contribution in [1.82, 2.24) is 14.7 Å². The number of aromatic nitrogens is 2. The Balaban J connectivity index is 1.62. The number of carbonyl (C=O) groups is 1. The normalized spacial score (nSPS) is 20.1. The van der Waals surface area contributed by atoms with Crippen molar-refractivity contribution in [3.05, 3.63) is 35.3 Å². The van der Waals surface area contributed by atoms with Gasteiger partial charge in [0, 0.05) is 31.6 Å². The Hall–Kier alpha value is -1.92.